The Kier molecular flexibility index (Phi) is 8.69. The number of non-ortho nitro benzene ring substituents is 1. The molecule has 0 fully saturated rings. The van der Waals surface area contributed by atoms with E-state index in [-0.39, 0.29) is 38.3 Å². The fourth-order valence-corrected chi connectivity index (χ4v) is 5.97. The third-order valence-corrected chi connectivity index (χ3v) is 8.98. The molecule has 224 valence electrons. The average molecular weight is 634 g/mol. The Bertz CT molecular complexity index is 1920. The zero-order chi connectivity index (χ0) is 31.7. The maximum Gasteiger partial charge on any atom is 0.416 e. The van der Waals surface area contributed by atoms with E-state index in [2.05, 4.69) is 5.32 Å². The smallest absolute Gasteiger partial charge is 0.348 e. The highest BCUT2D eigenvalue weighted by Gasteiger charge is 2.31. The number of pyridine rings is 1. The number of carbonyl (C=O) groups is 1. The lowest BCUT2D eigenvalue weighted by atomic mass is 10.1. The number of alkyl halides is 3. The first kappa shape index (κ1) is 31.3. The summed E-state index contributed by atoms with van der Waals surface area (Å²) < 4.78 is 78.3. The van der Waals surface area contributed by atoms with Gasteiger partial charge in [-0.15, -0.1) is 0 Å². The molecule has 0 spiro atoms. The van der Waals surface area contributed by atoms with Crippen molar-refractivity contribution in [3.8, 4) is 5.69 Å². The fraction of sp³-hybridized carbons (Fsp3) is 0.143. The van der Waals surface area contributed by atoms with Crippen LogP contribution in [0, 0.1) is 17.0 Å². The van der Waals surface area contributed by atoms with Crippen LogP contribution in [0.1, 0.15) is 27.2 Å². The minimum absolute atomic E-state index is 0.0195. The number of halogens is 3. The van der Waals surface area contributed by atoms with Crippen molar-refractivity contribution in [2.45, 2.75) is 34.3 Å². The van der Waals surface area contributed by atoms with Gasteiger partial charge < -0.3 is 5.32 Å². The molecular formula is C28H22F3N3O7S2. The monoisotopic (exact) mass is 633 g/mol. The number of carbonyl (C=O) groups excluding carboxylic acids is 1. The van der Waals surface area contributed by atoms with E-state index in [9.17, 15) is 45.5 Å². The molecule has 1 aromatic heterocycles. The number of hydrogen-bond acceptors (Lipinski definition) is 7. The van der Waals surface area contributed by atoms with Crippen LogP contribution >= 0.6 is 0 Å². The summed E-state index contributed by atoms with van der Waals surface area (Å²) in [4.78, 5) is 37.2. The normalized spacial score (nSPS) is 12.5. The number of nitrogens with one attached hydrogen (secondary N) is 1. The van der Waals surface area contributed by atoms with E-state index >= 15 is 0 Å². The molecule has 0 aliphatic carbocycles. The van der Waals surface area contributed by atoms with Crippen LogP contribution in [0.5, 0.6) is 0 Å². The van der Waals surface area contributed by atoms with Crippen LogP contribution in [0.4, 0.5) is 18.9 Å². The van der Waals surface area contributed by atoms with Crippen molar-refractivity contribution in [1.82, 2.24) is 9.88 Å². The average Bonchev–Trinajstić information content (AvgIpc) is 2.95. The number of nitrogens with zero attached hydrogens (tertiary/aromatic N) is 2. The van der Waals surface area contributed by atoms with Crippen molar-refractivity contribution in [2.75, 3.05) is 6.26 Å². The predicted molar refractivity (Wildman–Crippen MR) is 150 cm³/mol. The first-order chi connectivity index (χ1) is 20.1. The quantitative estimate of drug-likeness (QED) is 0.221. The highest BCUT2D eigenvalue weighted by atomic mass is 32.2. The molecule has 1 heterocycles. The number of nitro groups is 1. The maximum absolute atomic E-state index is 13.6. The van der Waals surface area contributed by atoms with E-state index < -0.39 is 54.3 Å². The van der Waals surface area contributed by atoms with Crippen LogP contribution in [0.3, 0.4) is 0 Å². The van der Waals surface area contributed by atoms with Gasteiger partial charge >= 0.3 is 6.18 Å². The number of rotatable bonds is 8. The molecule has 15 heteroatoms. The molecule has 1 unspecified atom stereocenters. The van der Waals surface area contributed by atoms with Crippen molar-refractivity contribution < 1.29 is 35.5 Å². The molecule has 1 N–H and O–H groups in total. The summed E-state index contributed by atoms with van der Waals surface area (Å²) in [6.07, 6.45) is -3.70. The second-order valence-corrected chi connectivity index (χ2v) is 12.8. The van der Waals surface area contributed by atoms with E-state index in [1.165, 1.54) is 49.4 Å². The fourth-order valence-electron chi connectivity index (χ4n) is 4.11. The van der Waals surface area contributed by atoms with Gasteiger partial charge in [-0.2, -0.15) is 13.2 Å². The second-order valence-electron chi connectivity index (χ2n) is 9.31. The highest BCUT2D eigenvalue weighted by Crippen LogP contribution is 2.31. The van der Waals surface area contributed by atoms with Gasteiger partial charge in [0.1, 0.15) is 5.56 Å². The SMILES string of the molecule is Cc1c(S(=O)c2ccc([N+](=O)[O-])cc2)cc(C(=O)NCc2ccc(S(C)(=O)=O)cc2)c(=O)n1-c1cccc(C(F)(F)F)c1. The van der Waals surface area contributed by atoms with Gasteiger partial charge in [-0.1, -0.05) is 18.2 Å². The Morgan fingerprint density at radius 2 is 1.65 bits per heavy atom. The minimum atomic E-state index is -4.74. The van der Waals surface area contributed by atoms with Crippen LogP contribution in [0.2, 0.25) is 0 Å². The summed E-state index contributed by atoms with van der Waals surface area (Å²) >= 11 is 0. The lowest BCUT2D eigenvalue weighted by molar-refractivity contribution is -0.384. The third-order valence-electron chi connectivity index (χ3n) is 6.34. The molecule has 1 atom stereocenters. The van der Waals surface area contributed by atoms with Gasteiger partial charge in [0.25, 0.3) is 17.2 Å². The summed E-state index contributed by atoms with van der Waals surface area (Å²) in [5, 5.41) is 13.5. The van der Waals surface area contributed by atoms with Crippen LogP contribution < -0.4 is 10.9 Å². The largest absolute Gasteiger partial charge is 0.416 e. The molecule has 0 saturated heterocycles. The van der Waals surface area contributed by atoms with E-state index in [1.807, 2.05) is 0 Å². The Hall–Kier alpha value is -4.63. The van der Waals surface area contributed by atoms with Gasteiger partial charge in [0.15, 0.2) is 9.84 Å². The van der Waals surface area contributed by atoms with E-state index in [1.54, 1.807) is 0 Å². The Balaban J connectivity index is 1.80. The molecule has 0 radical (unpaired) electrons. The summed E-state index contributed by atoms with van der Waals surface area (Å²) in [6.45, 7) is 1.21. The molecule has 10 nitrogen and oxygen atoms in total. The van der Waals surface area contributed by atoms with Gasteiger partial charge in [0, 0.05) is 41.2 Å². The predicted octanol–water partition coefficient (Wildman–Crippen LogP) is 4.57. The maximum atomic E-state index is 13.6. The number of nitro benzene ring substituents is 1. The molecule has 0 bridgehead atoms. The van der Waals surface area contributed by atoms with E-state index in [0.717, 1.165) is 47.2 Å². The van der Waals surface area contributed by atoms with Gasteiger partial charge in [0.2, 0.25) is 0 Å². The van der Waals surface area contributed by atoms with E-state index in [0.29, 0.717) is 5.56 Å². The Morgan fingerprint density at radius 3 is 2.21 bits per heavy atom. The molecule has 0 saturated carbocycles. The standard InChI is InChI=1S/C28H22F3N3O7S2/c1-17-25(42(39)22-10-8-20(9-11-22)34(37)38)15-24(26(35)32-16-18-6-12-23(13-7-18)43(2,40)41)27(36)33(17)21-5-3-4-19(14-21)28(29,30)31/h3-15H,16H2,1-2H3,(H,32,35). The number of amides is 1. The van der Waals surface area contributed by atoms with Gasteiger partial charge in [0.05, 0.1) is 31.1 Å². The third kappa shape index (κ3) is 6.89. The molecule has 43 heavy (non-hydrogen) atoms. The summed E-state index contributed by atoms with van der Waals surface area (Å²) in [6, 6.07) is 15.2. The number of benzene rings is 3. The number of aromatic nitrogens is 1. The lowest BCUT2D eigenvalue weighted by Crippen LogP contribution is -2.34. The second kappa shape index (κ2) is 11.9. The number of hydrogen-bond donors (Lipinski definition) is 1. The van der Waals surface area contributed by atoms with Crippen LogP contribution in [0.15, 0.2) is 98.3 Å². The van der Waals surface area contributed by atoms with Gasteiger partial charge in [-0.05, 0) is 61.0 Å². The van der Waals surface area contributed by atoms with Gasteiger partial charge in [-0.3, -0.25) is 24.3 Å². The first-order valence-electron chi connectivity index (χ1n) is 12.3. The minimum Gasteiger partial charge on any atom is -0.348 e. The topological polar surface area (TPSA) is 145 Å². The van der Waals surface area contributed by atoms with Crippen LogP contribution in [0.25, 0.3) is 5.69 Å². The van der Waals surface area contributed by atoms with Crippen LogP contribution in [-0.2, 0) is 33.4 Å². The number of sulfone groups is 1. The van der Waals surface area contributed by atoms with E-state index in [4.69, 9.17) is 0 Å². The van der Waals surface area contributed by atoms with Crippen molar-refractivity contribution in [3.05, 3.63) is 122 Å². The van der Waals surface area contributed by atoms with Crippen LogP contribution in [-0.4, -0.2) is 34.3 Å². The first-order valence-corrected chi connectivity index (χ1v) is 15.3. The molecule has 3 aromatic carbocycles. The van der Waals surface area contributed by atoms with Crippen molar-refractivity contribution in [2.24, 2.45) is 0 Å². The summed E-state index contributed by atoms with van der Waals surface area (Å²) in [5.74, 6) is -0.931. The Labute approximate surface area is 245 Å². The molecule has 0 aliphatic heterocycles. The zero-order valence-electron chi connectivity index (χ0n) is 22.4. The molecule has 4 aromatic rings. The molecule has 1 amide bonds. The van der Waals surface area contributed by atoms with Crippen molar-refractivity contribution in [1.29, 1.82) is 0 Å². The molecular weight excluding hydrogens is 611 g/mol. The zero-order valence-corrected chi connectivity index (χ0v) is 24.0. The van der Waals surface area contributed by atoms with Crippen molar-refractivity contribution >= 4 is 32.2 Å². The molecule has 4 rings (SSSR count). The lowest BCUT2D eigenvalue weighted by Gasteiger charge is -2.18. The molecule has 0 aliphatic rings. The summed E-state index contributed by atoms with van der Waals surface area (Å²) in [7, 11) is -5.57. The highest BCUT2D eigenvalue weighted by molar-refractivity contribution is 7.90. The van der Waals surface area contributed by atoms with Crippen molar-refractivity contribution in [3.63, 3.8) is 0 Å². The Morgan fingerprint density at radius 1 is 1.02 bits per heavy atom. The summed E-state index contributed by atoms with van der Waals surface area (Å²) in [5.41, 5.74) is -2.59. The van der Waals surface area contributed by atoms with Gasteiger partial charge in [-0.25, -0.2) is 12.6 Å².